The van der Waals surface area contributed by atoms with Crippen LogP contribution in [0.3, 0.4) is 0 Å². The molecule has 0 fully saturated rings. The molecule has 0 aliphatic heterocycles. The molecule has 0 aliphatic carbocycles. The molecule has 0 saturated carbocycles. The van der Waals surface area contributed by atoms with E-state index in [4.69, 9.17) is 0 Å². The molecule has 6 nitrogen and oxygen atoms in total. The summed E-state index contributed by atoms with van der Waals surface area (Å²) in [6, 6.07) is 4.95. The second kappa shape index (κ2) is 8.68. The van der Waals surface area contributed by atoms with E-state index < -0.39 is 11.7 Å². The molecule has 1 unspecified atom stereocenters. The minimum Gasteiger partial charge on any atom is -0.355 e. The summed E-state index contributed by atoms with van der Waals surface area (Å²) in [6.07, 6.45) is -1.90. The molecule has 0 radical (unpaired) electrons. The molecule has 2 rings (SSSR count). The van der Waals surface area contributed by atoms with Gasteiger partial charge in [-0.15, -0.1) is 10.2 Å². The van der Waals surface area contributed by atoms with Crippen molar-refractivity contribution in [2.75, 3.05) is 13.6 Å². The van der Waals surface area contributed by atoms with E-state index in [2.05, 4.69) is 25.8 Å². The first-order valence-electron chi connectivity index (χ1n) is 8.36. The first kappa shape index (κ1) is 19.7. The molecule has 0 amide bonds. The molecule has 1 aromatic carbocycles. The number of rotatable bonds is 6. The molecule has 142 valence electrons. The number of aromatic nitrogens is 3. The number of alkyl halides is 3. The summed E-state index contributed by atoms with van der Waals surface area (Å²) >= 11 is 0. The average molecular weight is 368 g/mol. The highest BCUT2D eigenvalue weighted by Gasteiger charge is 2.30. The minimum absolute atomic E-state index is 0.329. The van der Waals surface area contributed by atoms with Crippen molar-refractivity contribution in [3.05, 3.63) is 47.5 Å². The Morgan fingerprint density at radius 2 is 2.12 bits per heavy atom. The minimum atomic E-state index is -4.36. The number of benzene rings is 1. The highest BCUT2D eigenvalue weighted by molar-refractivity contribution is 5.80. The zero-order chi connectivity index (χ0) is 19.2. The van der Waals surface area contributed by atoms with Gasteiger partial charge < -0.3 is 15.2 Å². The maximum Gasteiger partial charge on any atom is 0.416 e. The van der Waals surface area contributed by atoms with Gasteiger partial charge in [-0.3, -0.25) is 4.99 Å². The number of hydrogen-bond donors (Lipinski definition) is 2. The van der Waals surface area contributed by atoms with Crippen molar-refractivity contribution in [1.29, 1.82) is 0 Å². The highest BCUT2D eigenvalue weighted by atomic mass is 19.4. The molecule has 26 heavy (non-hydrogen) atoms. The zero-order valence-electron chi connectivity index (χ0n) is 15.0. The number of aryl methyl sites for hydroxylation is 1. The van der Waals surface area contributed by atoms with Gasteiger partial charge in [-0.25, -0.2) is 0 Å². The number of hydrogen-bond acceptors (Lipinski definition) is 3. The van der Waals surface area contributed by atoms with Crippen molar-refractivity contribution >= 4 is 5.96 Å². The van der Waals surface area contributed by atoms with Crippen LogP contribution in [-0.4, -0.2) is 34.3 Å². The van der Waals surface area contributed by atoms with E-state index in [9.17, 15) is 13.2 Å². The summed E-state index contributed by atoms with van der Waals surface area (Å²) in [5.74, 6) is 1.41. The summed E-state index contributed by atoms with van der Waals surface area (Å²) in [7, 11) is 1.62. The van der Waals surface area contributed by atoms with Crippen molar-refractivity contribution in [3.63, 3.8) is 0 Å². The SMILES string of the molecule is CCc1nncn1CCNC(=NC)NC(C)c1cccc(C(F)(F)F)c1. The van der Waals surface area contributed by atoms with Gasteiger partial charge in [0.05, 0.1) is 11.6 Å². The molecule has 0 aliphatic rings. The van der Waals surface area contributed by atoms with Crippen LogP contribution in [0.1, 0.15) is 36.8 Å². The number of guanidine groups is 1. The van der Waals surface area contributed by atoms with E-state index >= 15 is 0 Å². The second-order valence-electron chi connectivity index (χ2n) is 5.78. The summed E-state index contributed by atoms with van der Waals surface area (Å²) in [6.45, 7) is 5.04. The Morgan fingerprint density at radius 3 is 2.77 bits per heavy atom. The molecular weight excluding hydrogens is 345 g/mol. The molecule has 9 heteroatoms. The topological polar surface area (TPSA) is 67.1 Å². The smallest absolute Gasteiger partial charge is 0.355 e. The van der Waals surface area contributed by atoms with Crippen LogP contribution in [0.5, 0.6) is 0 Å². The third kappa shape index (κ3) is 5.21. The van der Waals surface area contributed by atoms with E-state index in [1.54, 1.807) is 26.4 Å². The van der Waals surface area contributed by atoms with Crippen LogP contribution in [0.25, 0.3) is 0 Å². The van der Waals surface area contributed by atoms with Crippen LogP contribution in [0.15, 0.2) is 35.6 Å². The summed E-state index contributed by atoms with van der Waals surface area (Å²) < 4.78 is 40.5. The second-order valence-corrected chi connectivity index (χ2v) is 5.78. The number of nitrogens with one attached hydrogen (secondary N) is 2. The van der Waals surface area contributed by atoms with Gasteiger partial charge in [0.25, 0.3) is 0 Å². The zero-order valence-corrected chi connectivity index (χ0v) is 15.0. The van der Waals surface area contributed by atoms with Gasteiger partial charge in [-0.05, 0) is 24.6 Å². The van der Waals surface area contributed by atoms with Crippen LogP contribution >= 0.6 is 0 Å². The van der Waals surface area contributed by atoms with Crippen LogP contribution in [0, 0.1) is 0 Å². The monoisotopic (exact) mass is 368 g/mol. The molecule has 1 heterocycles. The third-order valence-electron chi connectivity index (χ3n) is 3.95. The van der Waals surface area contributed by atoms with Crippen LogP contribution in [0.2, 0.25) is 0 Å². The van der Waals surface area contributed by atoms with Crippen molar-refractivity contribution in [2.24, 2.45) is 4.99 Å². The van der Waals surface area contributed by atoms with Gasteiger partial charge in [-0.2, -0.15) is 13.2 Å². The van der Waals surface area contributed by atoms with Gasteiger partial charge in [0.1, 0.15) is 12.2 Å². The number of halogens is 3. The standard InChI is InChI=1S/C17H23F3N6/c1-4-15-25-23-11-26(15)9-8-22-16(21-3)24-12(2)13-6-5-7-14(10-13)17(18,19)20/h5-7,10-12H,4,8-9H2,1-3H3,(H2,21,22,24). The first-order chi connectivity index (χ1) is 12.3. The predicted molar refractivity (Wildman–Crippen MR) is 93.8 cm³/mol. The highest BCUT2D eigenvalue weighted by Crippen LogP contribution is 2.30. The van der Waals surface area contributed by atoms with E-state index in [0.29, 0.717) is 24.6 Å². The Bertz CT molecular complexity index is 738. The summed E-state index contributed by atoms with van der Waals surface area (Å²) in [5, 5.41) is 14.1. The van der Waals surface area contributed by atoms with Crippen molar-refractivity contribution < 1.29 is 13.2 Å². The lowest BCUT2D eigenvalue weighted by Gasteiger charge is -2.19. The van der Waals surface area contributed by atoms with E-state index in [1.807, 2.05) is 11.5 Å². The Morgan fingerprint density at radius 1 is 1.35 bits per heavy atom. The molecule has 0 spiro atoms. The molecule has 2 N–H and O–H groups in total. The van der Waals surface area contributed by atoms with Crippen LogP contribution in [0.4, 0.5) is 13.2 Å². The Labute approximate surface area is 150 Å². The van der Waals surface area contributed by atoms with Gasteiger partial charge in [0.2, 0.25) is 0 Å². The quantitative estimate of drug-likeness (QED) is 0.608. The van der Waals surface area contributed by atoms with Gasteiger partial charge in [0, 0.05) is 26.6 Å². The molecule has 0 bridgehead atoms. The normalized spacial score (nSPS) is 13.5. The molecule has 1 atom stereocenters. The fourth-order valence-electron chi connectivity index (χ4n) is 2.50. The fourth-order valence-corrected chi connectivity index (χ4v) is 2.50. The van der Waals surface area contributed by atoms with E-state index in [0.717, 1.165) is 24.4 Å². The average Bonchev–Trinajstić information content (AvgIpc) is 3.07. The molecule has 2 aromatic rings. The van der Waals surface area contributed by atoms with Gasteiger partial charge in [-0.1, -0.05) is 19.1 Å². The fraction of sp³-hybridized carbons (Fsp3) is 0.471. The number of nitrogens with zero attached hydrogens (tertiary/aromatic N) is 4. The van der Waals surface area contributed by atoms with E-state index in [1.165, 1.54) is 6.07 Å². The Hall–Kier alpha value is -2.58. The maximum atomic E-state index is 12.9. The lowest BCUT2D eigenvalue weighted by Crippen LogP contribution is -2.40. The van der Waals surface area contributed by atoms with Crippen molar-refractivity contribution in [1.82, 2.24) is 25.4 Å². The van der Waals surface area contributed by atoms with E-state index in [-0.39, 0.29) is 6.04 Å². The summed E-state index contributed by atoms with van der Waals surface area (Å²) in [4.78, 5) is 4.12. The molecular formula is C17H23F3N6. The Kier molecular flexibility index (Phi) is 6.59. The maximum absolute atomic E-state index is 12.9. The summed E-state index contributed by atoms with van der Waals surface area (Å²) in [5.41, 5.74) is -0.124. The lowest BCUT2D eigenvalue weighted by molar-refractivity contribution is -0.137. The van der Waals surface area contributed by atoms with Crippen LogP contribution in [-0.2, 0) is 19.1 Å². The third-order valence-corrected chi connectivity index (χ3v) is 3.95. The lowest BCUT2D eigenvalue weighted by atomic mass is 10.1. The predicted octanol–water partition coefficient (Wildman–Crippen LogP) is 2.79. The molecule has 0 saturated heterocycles. The first-order valence-corrected chi connectivity index (χ1v) is 8.36. The van der Waals surface area contributed by atoms with Crippen LogP contribution < -0.4 is 10.6 Å². The number of aliphatic imine (C=N–C) groups is 1. The van der Waals surface area contributed by atoms with Gasteiger partial charge >= 0.3 is 6.18 Å². The Balaban J connectivity index is 1.93. The van der Waals surface area contributed by atoms with Gasteiger partial charge in [0.15, 0.2) is 5.96 Å². The van der Waals surface area contributed by atoms with Crippen molar-refractivity contribution in [3.8, 4) is 0 Å². The molecule has 1 aromatic heterocycles. The largest absolute Gasteiger partial charge is 0.416 e. The van der Waals surface area contributed by atoms with Crippen molar-refractivity contribution in [2.45, 2.75) is 39.0 Å².